The third-order valence-electron chi connectivity index (χ3n) is 3.21. The summed E-state index contributed by atoms with van der Waals surface area (Å²) in [6.45, 7) is 2.95. The van der Waals surface area contributed by atoms with Crippen molar-refractivity contribution < 1.29 is 4.74 Å². The summed E-state index contributed by atoms with van der Waals surface area (Å²) in [4.78, 5) is 4.12. The monoisotopic (exact) mass is 315 g/mol. The van der Waals surface area contributed by atoms with Crippen LogP contribution in [0.1, 0.15) is 17.5 Å². The second-order valence-electron chi connectivity index (χ2n) is 5.06. The van der Waals surface area contributed by atoms with Crippen LogP contribution in [0.2, 0.25) is 0 Å². The fourth-order valence-corrected chi connectivity index (χ4v) is 2.33. The van der Waals surface area contributed by atoms with Crippen molar-refractivity contribution in [3.05, 3.63) is 53.7 Å². The molecule has 2 aromatic rings. The van der Waals surface area contributed by atoms with Crippen LogP contribution in [-0.4, -0.2) is 23.8 Å². The van der Waals surface area contributed by atoms with Gasteiger partial charge in [-0.2, -0.15) is 0 Å². The van der Waals surface area contributed by atoms with Crippen LogP contribution >= 0.6 is 12.2 Å². The molecule has 4 nitrogen and oxygen atoms in total. The first-order valence-electron chi connectivity index (χ1n) is 7.28. The van der Waals surface area contributed by atoms with Crippen LogP contribution in [0, 0.1) is 6.92 Å². The van der Waals surface area contributed by atoms with E-state index in [0.717, 1.165) is 25.1 Å². The molecule has 1 heterocycles. The molecule has 0 saturated heterocycles. The lowest BCUT2D eigenvalue weighted by Gasteiger charge is -2.10. The van der Waals surface area contributed by atoms with Crippen molar-refractivity contribution in [2.45, 2.75) is 19.8 Å². The highest BCUT2D eigenvalue weighted by molar-refractivity contribution is 7.80. The zero-order chi connectivity index (χ0) is 15.8. The maximum Gasteiger partial charge on any atom is 0.213 e. The Morgan fingerprint density at radius 1 is 1.27 bits per heavy atom. The van der Waals surface area contributed by atoms with Crippen molar-refractivity contribution in [3.63, 3.8) is 0 Å². The number of nitrogens with zero attached hydrogens (tertiary/aromatic N) is 1. The summed E-state index contributed by atoms with van der Waals surface area (Å²) >= 11 is 5.27. The minimum Gasteiger partial charge on any atom is -0.481 e. The Kier molecular flexibility index (Phi) is 6.15. The zero-order valence-corrected chi connectivity index (χ0v) is 13.7. The Hall–Kier alpha value is -2.14. The predicted molar refractivity (Wildman–Crippen MR) is 94.5 cm³/mol. The van der Waals surface area contributed by atoms with Crippen molar-refractivity contribution in [2.24, 2.45) is 0 Å². The van der Waals surface area contributed by atoms with E-state index in [-0.39, 0.29) is 0 Å². The summed E-state index contributed by atoms with van der Waals surface area (Å²) in [7, 11) is 1.59. The van der Waals surface area contributed by atoms with Crippen molar-refractivity contribution in [1.82, 2.24) is 10.3 Å². The number of nitrogens with one attached hydrogen (secondary N) is 2. The maximum absolute atomic E-state index is 5.27. The topological polar surface area (TPSA) is 46.2 Å². The molecule has 0 aliphatic carbocycles. The lowest BCUT2D eigenvalue weighted by Crippen LogP contribution is -2.29. The van der Waals surface area contributed by atoms with Crippen LogP contribution in [0.5, 0.6) is 5.88 Å². The van der Waals surface area contributed by atoms with Gasteiger partial charge in [0.25, 0.3) is 0 Å². The van der Waals surface area contributed by atoms with Gasteiger partial charge in [0.1, 0.15) is 0 Å². The van der Waals surface area contributed by atoms with Crippen LogP contribution in [0.15, 0.2) is 42.6 Å². The lowest BCUT2D eigenvalue weighted by molar-refractivity contribution is 0.398. The first-order chi connectivity index (χ1) is 10.7. The summed E-state index contributed by atoms with van der Waals surface area (Å²) in [5.74, 6) is 0.586. The number of rotatable bonds is 6. The van der Waals surface area contributed by atoms with Gasteiger partial charge in [0, 0.05) is 12.6 Å². The minimum atomic E-state index is 0.586. The molecule has 2 N–H and O–H groups in total. The number of pyridine rings is 1. The Balaban J connectivity index is 1.69. The minimum absolute atomic E-state index is 0.586. The number of aromatic nitrogens is 1. The number of benzene rings is 1. The summed E-state index contributed by atoms with van der Waals surface area (Å²) in [5.41, 5.74) is 3.51. The average Bonchev–Trinajstić information content (AvgIpc) is 2.52. The normalized spacial score (nSPS) is 10.1. The van der Waals surface area contributed by atoms with E-state index >= 15 is 0 Å². The molecule has 0 unspecified atom stereocenters. The van der Waals surface area contributed by atoms with Gasteiger partial charge < -0.3 is 15.4 Å². The van der Waals surface area contributed by atoms with Crippen LogP contribution in [-0.2, 0) is 6.42 Å². The van der Waals surface area contributed by atoms with Crippen molar-refractivity contribution in [1.29, 1.82) is 0 Å². The standard InChI is InChI=1S/C17H21N3OS/c1-13-5-3-6-14(11-13)7-4-10-18-17(22)20-15-8-9-16(21-2)19-12-15/h3,5-6,8-9,11-12H,4,7,10H2,1-2H3,(H2,18,20,22). The number of hydrogen-bond donors (Lipinski definition) is 2. The van der Waals surface area contributed by atoms with Gasteiger partial charge >= 0.3 is 0 Å². The molecule has 0 atom stereocenters. The third-order valence-corrected chi connectivity index (χ3v) is 3.46. The predicted octanol–water partition coefficient (Wildman–Crippen LogP) is 3.32. The van der Waals surface area contributed by atoms with E-state index in [2.05, 4.69) is 46.8 Å². The highest BCUT2D eigenvalue weighted by atomic mass is 32.1. The highest BCUT2D eigenvalue weighted by Gasteiger charge is 1.99. The molecule has 1 aromatic carbocycles. The van der Waals surface area contributed by atoms with E-state index in [9.17, 15) is 0 Å². The molecule has 0 aliphatic rings. The van der Waals surface area contributed by atoms with Crippen LogP contribution in [0.3, 0.4) is 0 Å². The number of thiocarbonyl (C=S) groups is 1. The molecule has 116 valence electrons. The van der Waals surface area contributed by atoms with E-state index in [1.807, 2.05) is 6.07 Å². The van der Waals surface area contributed by atoms with E-state index in [1.54, 1.807) is 19.4 Å². The molecular formula is C17H21N3OS. The van der Waals surface area contributed by atoms with Gasteiger partial charge in [-0.3, -0.25) is 0 Å². The fraction of sp³-hybridized carbons (Fsp3) is 0.294. The number of ether oxygens (including phenoxy) is 1. The van der Waals surface area contributed by atoms with Gasteiger partial charge in [-0.25, -0.2) is 4.98 Å². The second-order valence-corrected chi connectivity index (χ2v) is 5.47. The molecule has 2 rings (SSSR count). The highest BCUT2D eigenvalue weighted by Crippen LogP contribution is 2.10. The van der Waals surface area contributed by atoms with E-state index in [4.69, 9.17) is 17.0 Å². The molecule has 0 saturated carbocycles. The fourth-order valence-electron chi connectivity index (χ4n) is 2.11. The quantitative estimate of drug-likeness (QED) is 0.632. The Labute approximate surface area is 136 Å². The van der Waals surface area contributed by atoms with E-state index < -0.39 is 0 Å². The van der Waals surface area contributed by atoms with Gasteiger partial charge in [0.15, 0.2) is 5.11 Å². The van der Waals surface area contributed by atoms with Gasteiger partial charge in [-0.1, -0.05) is 29.8 Å². The Bertz CT molecular complexity index is 614. The molecule has 0 spiro atoms. The molecule has 0 bridgehead atoms. The Morgan fingerprint density at radius 3 is 2.82 bits per heavy atom. The van der Waals surface area contributed by atoms with Crippen molar-refractivity contribution >= 4 is 23.0 Å². The number of anilines is 1. The van der Waals surface area contributed by atoms with Crippen LogP contribution < -0.4 is 15.4 Å². The summed E-state index contributed by atoms with van der Waals surface area (Å²) in [5, 5.41) is 6.92. The van der Waals surface area contributed by atoms with Gasteiger partial charge in [-0.05, 0) is 43.6 Å². The number of aryl methyl sites for hydroxylation is 2. The lowest BCUT2D eigenvalue weighted by atomic mass is 10.1. The van der Waals surface area contributed by atoms with Crippen molar-refractivity contribution in [2.75, 3.05) is 19.0 Å². The number of hydrogen-bond acceptors (Lipinski definition) is 3. The smallest absolute Gasteiger partial charge is 0.213 e. The summed E-state index contributed by atoms with van der Waals surface area (Å²) < 4.78 is 5.02. The molecule has 22 heavy (non-hydrogen) atoms. The largest absolute Gasteiger partial charge is 0.481 e. The van der Waals surface area contributed by atoms with Crippen LogP contribution in [0.25, 0.3) is 0 Å². The van der Waals surface area contributed by atoms with E-state index in [0.29, 0.717) is 11.0 Å². The maximum atomic E-state index is 5.27. The van der Waals surface area contributed by atoms with Gasteiger partial charge in [-0.15, -0.1) is 0 Å². The zero-order valence-electron chi connectivity index (χ0n) is 12.9. The third kappa shape index (κ3) is 5.33. The molecule has 0 fully saturated rings. The van der Waals surface area contributed by atoms with Gasteiger partial charge in [0.2, 0.25) is 5.88 Å². The molecule has 5 heteroatoms. The molecule has 0 amide bonds. The first-order valence-corrected chi connectivity index (χ1v) is 7.68. The van der Waals surface area contributed by atoms with Crippen molar-refractivity contribution in [3.8, 4) is 5.88 Å². The van der Waals surface area contributed by atoms with Gasteiger partial charge in [0.05, 0.1) is 19.0 Å². The molecule has 1 aromatic heterocycles. The van der Waals surface area contributed by atoms with Crippen LogP contribution in [0.4, 0.5) is 5.69 Å². The Morgan fingerprint density at radius 2 is 2.14 bits per heavy atom. The molecular weight excluding hydrogens is 294 g/mol. The molecule has 0 aliphatic heterocycles. The second kappa shape index (κ2) is 8.34. The number of methoxy groups -OCH3 is 1. The average molecular weight is 315 g/mol. The van der Waals surface area contributed by atoms with E-state index in [1.165, 1.54) is 11.1 Å². The summed E-state index contributed by atoms with van der Waals surface area (Å²) in [6, 6.07) is 12.3. The molecule has 0 radical (unpaired) electrons. The SMILES string of the molecule is COc1ccc(NC(=S)NCCCc2cccc(C)c2)cn1. The first kappa shape index (κ1) is 16.2. The summed E-state index contributed by atoms with van der Waals surface area (Å²) in [6.07, 6.45) is 3.77.